The first-order valence-electron chi connectivity index (χ1n) is 10.5. The van der Waals surface area contributed by atoms with Crippen molar-refractivity contribution in [1.29, 1.82) is 0 Å². The molecule has 0 saturated carbocycles. The number of carbonyl (C=O) groups is 1. The molecule has 2 aliphatic heterocycles. The molecule has 3 heterocycles. The lowest BCUT2D eigenvalue weighted by Crippen LogP contribution is -2.46. The van der Waals surface area contributed by atoms with Crippen LogP contribution < -0.4 is 0 Å². The van der Waals surface area contributed by atoms with E-state index in [9.17, 15) is 4.79 Å². The Labute approximate surface area is 156 Å². The van der Waals surface area contributed by atoms with Crippen LogP contribution in [0.3, 0.4) is 0 Å². The number of piperidine rings is 1. The summed E-state index contributed by atoms with van der Waals surface area (Å²) in [7, 11) is 0. The third-order valence-corrected chi connectivity index (χ3v) is 6.16. The summed E-state index contributed by atoms with van der Waals surface area (Å²) in [6.45, 7) is 8.56. The summed E-state index contributed by atoms with van der Waals surface area (Å²) in [5.74, 6) is 0.165. The second kappa shape index (κ2) is 8.09. The highest BCUT2D eigenvalue weighted by Gasteiger charge is 2.33. The van der Waals surface area contributed by atoms with E-state index < -0.39 is 0 Å². The molecule has 1 atom stereocenters. The number of amides is 1. The van der Waals surface area contributed by atoms with E-state index in [-0.39, 0.29) is 5.91 Å². The Kier molecular flexibility index (Phi) is 5.60. The Morgan fingerprint density at radius 3 is 2.65 bits per heavy atom. The third kappa shape index (κ3) is 3.54. The zero-order chi connectivity index (χ0) is 17.9. The first kappa shape index (κ1) is 18.0. The number of hydrogen-bond acceptors (Lipinski definition) is 4. The molecule has 1 amide bonds. The maximum Gasteiger partial charge on any atom is 0.274 e. The predicted octanol–water partition coefficient (Wildman–Crippen LogP) is 2.11. The fourth-order valence-corrected chi connectivity index (χ4v) is 4.74. The number of likely N-dealkylation sites (tertiary alicyclic amines) is 1. The normalized spacial score (nSPS) is 24.5. The number of morpholine rings is 1. The molecule has 0 radical (unpaired) electrons. The molecule has 1 aliphatic carbocycles. The van der Waals surface area contributed by atoms with Crippen molar-refractivity contribution in [3.8, 4) is 0 Å². The summed E-state index contributed by atoms with van der Waals surface area (Å²) in [6.07, 6.45) is 7.72. The van der Waals surface area contributed by atoms with Crippen molar-refractivity contribution < 1.29 is 9.53 Å². The van der Waals surface area contributed by atoms with Crippen LogP contribution >= 0.6 is 0 Å². The van der Waals surface area contributed by atoms with Crippen LogP contribution in [0.15, 0.2) is 0 Å². The van der Waals surface area contributed by atoms with Crippen molar-refractivity contribution in [3.05, 3.63) is 17.0 Å². The Morgan fingerprint density at radius 1 is 1.15 bits per heavy atom. The van der Waals surface area contributed by atoms with Crippen LogP contribution in [0.1, 0.15) is 60.8 Å². The number of aromatic nitrogens is 2. The van der Waals surface area contributed by atoms with Gasteiger partial charge in [0, 0.05) is 50.0 Å². The van der Waals surface area contributed by atoms with Crippen molar-refractivity contribution in [2.24, 2.45) is 0 Å². The van der Waals surface area contributed by atoms with Gasteiger partial charge in [0.1, 0.15) is 0 Å². The Morgan fingerprint density at radius 2 is 1.92 bits per heavy atom. The predicted molar refractivity (Wildman–Crippen MR) is 100 cm³/mol. The molecule has 1 aromatic rings. The molecule has 0 N–H and O–H groups in total. The highest BCUT2D eigenvalue weighted by Crippen LogP contribution is 2.29. The molecule has 0 aromatic carbocycles. The molecule has 2 saturated heterocycles. The van der Waals surface area contributed by atoms with Gasteiger partial charge in [0.25, 0.3) is 5.91 Å². The maximum atomic E-state index is 13.2. The topological polar surface area (TPSA) is 50.6 Å². The Bertz CT molecular complexity index is 630. The summed E-state index contributed by atoms with van der Waals surface area (Å²) in [5.41, 5.74) is 3.29. The van der Waals surface area contributed by atoms with E-state index in [0.717, 1.165) is 83.7 Å². The van der Waals surface area contributed by atoms with Gasteiger partial charge < -0.3 is 9.64 Å². The van der Waals surface area contributed by atoms with Gasteiger partial charge in [0.05, 0.1) is 13.2 Å². The smallest absolute Gasteiger partial charge is 0.274 e. The third-order valence-electron chi connectivity index (χ3n) is 6.16. The summed E-state index contributed by atoms with van der Waals surface area (Å²) >= 11 is 0. The minimum absolute atomic E-state index is 0.165. The van der Waals surface area contributed by atoms with Crippen LogP contribution in [0, 0.1) is 0 Å². The van der Waals surface area contributed by atoms with Crippen LogP contribution in [0.4, 0.5) is 0 Å². The number of hydrogen-bond donors (Lipinski definition) is 0. The molecule has 0 spiro atoms. The minimum Gasteiger partial charge on any atom is -0.379 e. The van der Waals surface area contributed by atoms with Gasteiger partial charge in [0.2, 0.25) is 0 Å². The summed E-state index contributed by atoms with van der Waals surface area (Å²) < 4.78 is 7.65. The molecule has 144 valence electrons. The van der Waals surface area contributed by atoms with Crippen LogP contribution in [0.2, 0.25) is 0 Å². The van der Waals surface area contributed by atoms with E-state index in [1.54, 1.807) is 0 Å². The highest BCUT2D eigenvalue weighted by atomic mass is 16.5. The van der Waals surface area contributed by atoms with Crippen molar-refractivity contribution >= 4 is 5.91 Å². The van der Waals surface area contributed by atoms with Crippen LogP contribution in [-0.4, -0.2) is 70.9 Å². The molecule has 3 aliphatic rings. The first-order valence-corrected chi connectivity index (χ1v) is 10.5. The SMILES string of the molecule is CCCn1nc(C(=O)N2CCCCC2)c2c1CCC(N1CCOCC1)C2. The van der Waals surface area contributed by atoms with E-state index in [4.69, 9.17) is 9.84 Å². The second-order valence-electron chi connectivity index (χ2n) is 7.89. The van der Waals surface area contributed by atoms with E-state index in [0.29, 0.717) is 6.04 Å². The van der Waals surface area contributed by atoms with Gasteiger partial charge in [-0.25, -0.2) is 0 Å². The van der Waals surface area contributed by atoms with E-state index >= 15 is 0 Å². The molecular formula is C20H32N4O2. The van der Waals surface area contributed by atoms with E-state index in [1.165, 1.54) is 24.1 Å². The molecule has 6 heteroatoms. The number of aryl methyl sites for hydroxylation is 1. The molecule has 1 aromatic heterocycles. The lowest BCUT2D eigenvalue weighted by molar-refractivity contribution is 0.0135. The quantitative estimate of drug-likeness (QED) is 0.825. The van der Waals surface area contributed by atoms with Gasteiger partial charge in [-0.05, 0) is 44.9 Å². The molecule has 6 nitrogen and oxygen atoms in total. The first-order chi connectivity index (χ1) is 12.8. The van der Waals surface area contributed by atoms with Gasteiger partial charge in [0.15, 0.2) is 5.69 Å². The minimum atomic E-state index is 0.165. The van der Waals surface area contributed by atoms with Gasteiger partial charge in [-0.3, -0.25) is 14.4 Å². The Hall–Kier alpha value is -1.40. The summed E-state index contributed by atoms with van der Waals surface area (Å²) in [5, 5.41) is 4.82. The average molecular weight is 361 g/mol. The molecule has 2 fully saturated rings. The number of rotatable bonds is 4. The number of carbonyl (C=O) groups excluding carboxylic acids is 1. The fraction of sp³-hybridized carbons (Fsp3) is 0.800. The van der Waals surface area contributed by atoms with Crippen molar-refractivity contribution in [2.75, 3.05) is 39.4 Å². The molecule has 26 heavy (non-hydrogen) atoms. The number of fused-ring (bicyclic) bond motifs is 1. The van der Waals surface area contributed by atoms with Gasteiger partial charge in [-0.15, -0.1) is 0 Å². The zero-order valence-electron chi connectivity index (χ0n) is 16.1. The van der Waals surface area contributed by atoms with E-state index in [2.05, 4.69) is 16.5 Å². The molecule has 0 bridgehead atoms. The largest absolute Gasteiger partial charge is 0.379 e. The zero-order valence-corrected chi connectivity index (χ0v) is 16.1. The number of nitrogens with zero attached hydrogens (tertiary/aromatic N) is 4. The lowest BCUT2D eigenvalue weighted by atomic mass is 9.89. The van der Waals surface area contributed by atoms with Gasteiger partial charge >= 0.3 is 0 Å². The molecule has 4 rings (SSSR count). The lowest BCUT2D eigenvalue weighted by Gasteiger charge is -2.37. The van der Waals surface area contributed by atoms with Gasteiger partial charge in [-0.2, -0.15) is 5.10 Å². The number of ether oxygens (including phenoxy) is 1. The molecular weight excluding hydrogens is 328 g/mol. The highest BCUT2D eigenvalue weighted by molar-refractivity contribution is 5.94. The fourth-order valence-electron chi connectivity index (χ4n) is 4.74. The summed E-state index contributed by atoms with van der Waals surface area (Å²) in [6, 6.07) is 0.526. The van der Waals surface area contributed by atoms with E-state index in [1.807, 2.05) is 4.90 Å². The molecule has 1 unspecified atom stereocenters. The van der Waals surface area contributed by atoms with Crippen LogP contribution in [0.5, 0.6) is 0 Å². The Balaban J connectivity index is 1.59. The average Bonchev–Trinajstić information content (AvgIpc) is 3.07. The second-order valence-corrected chi connectivity index (χ2v) is 7.89. The monoisotopic (exact) mass is 360 g/mol. The van der Waals surface area contributed by atoms with Gasteiger partial charge in [-0.1, -0.05) is 6.92 Å². The summed E-state index contributed by atoms with van der Waals surface area (Å²) in [4.78, 5) is 17.8. The standard InChI is InChI=1S/C20H32N4O2/c1-2-8-24-18-7-6-16(22-11-13-26-14-12-22)15-17(18)19(21-24)20(25)23-9-4-3-5-10-23/h16H,2-15H2,1H3. The maximum absolute atomic E-state index is 13.2. The van der Waals surface area contributed by atoms with Crippen molar-refractivity contribution in [3.63, 3.8) is 0 Å². The van der Waals surface area contributed by atoms with Crippen molar-refractivity contribution in [2.45, 2.75) is 64.5 Å². The van der Waals surface area contributed by atoms with Crippen molar-refractivity contribution in [1.82, 2.24) is 19.6 Å². The van der Waals surface area contributed by atoms with Crippen LogP contribution in [0.25, 0.3) is 0 Å². The van der Waals surface area contributed by atoms with Crippen LogP contribution in [-0.2, 0) is 24.1 Å².